The first-order chi connectivity index (χ1) is 14.5. The first-order valence-electron chi connectivity index (χ1n) is 9.07. The van der Waals surface area contributed by atoms with Crippen molar-refractivity contribution in [2.24, 2.45) is 0 Å². The number of amides is 1. The highest BCUT2D eigenvalue weighted by Crippen LogP contribution is 2.29. The fourth-order valence-electron chi connectivity index (χ4n) is 2.90. The molecule has 0 radical (unpaired) electrons. The number of aromatic nitrogens is 2. The molecular formula is C19H20F2N4O5. The number of halogens is 2. The number of ether oxygens (including phenoxy) is 3. The van der Waals surface area contributed by atoms with Gasteiger partial charge in [0, 0.05) is 38.6 Å². The van der Waals surface area contributed by atoms with E-state index in [2.05, 4.69) is 14.7 Å². The van der Waals surface area contributed by atoms with E-state index in [4.69, 9.17) is 9.47 Å². The summed E-state index contributed by atoms with van der Waals surface area (Å²) in [5.41, 5.74) is 0.0484. The van der Waals surface area contributed by atoms with Gasteiger partial charge in [0.25, 0.3) is 5.91 Å². The van der Waals surface area contributed by atoms with Gasteiger partial charge in [0.2, 0.25) is 5.95 Å². The Morgan fingerprint density at radius 3 is 2.43 bits per heavy atom. The van der Waals surface area contributed by atoms with Crippen molar-refractivity contribution in [2.75, 3.05) is 44.8 Å². The van der Waals surface area contributed by atoms with E-state index in [1.165, 1.54) is 25.3 Å². The van der Waals surface area contributed by atoms with Gasteiger partial charge in [-0.1, -0.05) is 0 Å². The van der Waals surface area contributed by atoms with Gasteiger partial charge in [0.15, 0.2) is 18.1 Å². The monoisotopic (exact) mass is 422 g/mol. The quantitative estimate of drug-likeness (QED) is 0.621. The highest BCUT2D eigenvalue weighted by molar-refractivity contribution is 5.92. The number of hydrogen-bond donors (Lipinski definition) is 0. The molecular weight excluding hydrogens is 402 g/mol. The summed E-state index contributed by atoms with van der Waals surface area (Å²) in [6.07, 6.45) is 3.31. The van der Waals surface area contributed by atoms with E-state index in [1.807, 2.05) is 4.90 Å². The van der Waals surface area contributed by atoms with Crippen LogP contribution in [0.5, 0.6) is 11.5 Å². The molecule has 1 aliphatic rings. The summed E-state index contributed by atoms with van der Waals surface area (Å²) in [4.78, 5) is 36.5. The van der Waals surface area contributed by atoms with Gasteiger partial charge in [-0.3, -0.25) is 4.79 Å². The highest BCUT2D eigenvalue weighted by Gasteiger charge is 2.23. The SMILES string of the molecule is COc1cc(C(=O)OCC(=O)N2CCN(c3ncccn3)CC2)ccc1OC(F)F. The van der Waals surface area contributed by atoms with Gasteiger partial charge in [0.1, 0.15) is 0 Å². The van der Waals surface area contributed by atoms with E-state index in [1.54, 1.807) is 23.4 Å². The Hall–Kier alpha value is -3.50. The number of esters is 1. The molecule has 2 heterocycles. The topological polar surface area (TPSA) is 94.1 Å². The summed E-state index contributed by atoms with van der Waals surface area (Å²) in [5.74, 6) is -0.761. The van der Waals surface area contributed by atoms with Crippen LogP contribution in [0.25, 0.3) is 0 Å². The number of piperazine rings is 1. The van der Waals surface area contributed by atoms with Crippen LogP contribution < -0.4 is 14.4 Å². The van der Waals surface area contributed by atoms with E-state index in [9.17, 15) is 18.4 Å². The minimum atomic E-state index is -3.02. The molecule has 160 valence electrons. The number of anilines is 1. The molecule has 3 rings (SSSR count). The van der Waals surface area contributed by atoms with E-state index in [-0.39, 0.29) is 23.0 Å². The summed E-state index contributed by atoms with van der Waals surface area (Å²) in [6, 6.07) is 5.37. The van der Waals surface area contributed by atoms with Gasteiger partial charge in [-0.2, -0.15) is 8.78 Å². The fraction of sp³-hybridized carbons (Fsp3) is 0.368. The van der Waals surface area contributed by atoms with E-state index < -0.39 is 19.2 Å². The van der Waals surface area contributed by atoms with Crippen molar-refractivity contribution in [3.63, 3.8) is 0 Å². The number of hydrogen-bond acceptors (Lipinski definition) is 8. The summed E-state index contributed by atoms with van der Waals surface area (Å²) in [7, 11) is 1.26. The zero-order chi connectivity index (χ0) is 21.5. The number of nitrogens with zero attached hydrogens (tertiary/aromatic N) is 4. The van der Waals surface area contributed by atoms with Gasteiger partial charge >= 0.3 is 12.6 Å². The Morgan fingerprint density at radius 2 is 1.80 bits per heavy atom. The third-order valence-corrected chi connectivity index (χ3v) is 4.41. The van der Waals surface area contributed by atoms with Gasteiger partial charge in [0.05, 0.1) is 12.7 Å². The number of methoxy groups -OCH3 is 1. The van der Waals surface area contributed by atoms with Crippen molar-refractivity contribution in [3.8, 4) is 11.5 Å². The smallest absolute Gasteiger partial charge is 0.387 e. The van der Waals surface area contributed by atoms with E-state index in [0.29, 0.717) is 32.1 Å². The van der Waals surface area contributed by atoms with Crippen LogP contribution >= 0.6 is 0 Å². The van der Waals surface area contributed by atoms with Crippen LogP contribution in [-0.2, 0) is 9.53 Å². The second-order valence-electron chi connectivity index (χ2n) is 6.24. The Balaban J connectivity index is 1.50. The Kier molecular flexibility index (Phi) is 6.94. The summed E-state index contributed by atoms with van der Waals surface area (Å²) in [6.45, 7) is -1.44. The lowest BCUT2D eigenvalue weighted by atomic mass is 10.2. The highest BCUT2D eigenvalue weighted by atomic mass is 19.3. The molecule has 2 aromatic rings. The average Bonchev–Trinajstić information content (AvgIpc) is 2.77. The molecule has 0 N–H and O–H groups in total. The minimum absolute atomic E-state index is 0.0460. The maximum Gasteiger partial charge on any atom is 0.387 e. The molecule has 11 heteroatoms. The summed E-state index contributed by atoms with van der Waals surface area (Å²) >= 11 is 0. The molecule has 0 bridgehead atoms. The molecule has 1 amide bonds. The molecule has 9 nitrogen and oxygen atoms in total. The predicted octanol–water partition coefficient (Wildman–Crippen LogP) is 1.59. The Labute approximate surface area is 171 Å². The molecule has 1 aromatic heterocycles. The van der Waals surface area contributed by atoms with Crippen LogP contribution in [0, 0.1) is 0 Å². The molecule has 30 heavy (non-hydrogen) atoms. The fourth-order valence-corrected chi connectivity index (χ4v) is 2.90. The van der Waals surface area contributed by atoms with Gasteiger partial charge in [-0.15, -0.1) is 0 Å². The van der Waals surface area contributed by atoms with Crippen LogP contribution in [0.1, 0.15) is 10.4 Å². The van der Waals surface area contributed by atoms with Crippen molar-refractivity contribution in [1.82, 2.24) is 14.9 Å². The third kappa shape index (κ3) is 5.31. The lowest BCUT2D eigenvalue weighted by molar-refractivity contribution is -0.134. The summed E-state index contributed by atoms with van der Waals surface area (Å²) in [5, 5.41) is 0. The normalized spacial score (nSPS) is 13.9. The second kappa shape index (κ2) is 9.81. The molecule has 1 saturated heterocycles. The van der Waals surface area contributed by atoms with Crippen LogP contribution in [0.15, 0.2) is 36.7 Å². The molecule has 0 saturated carbocycles. The minimum Gasteiger partial charge on any atom is -0.493 e. The van der Waals surface area contributed by atoms with Gasteiger partial charge in [-0.05, 0) is 24.3 Å². The van der Waals surface area contributed by atoms with Crippen LogP contribution in [0.4, 0.5) is 14.7 Å². The number of alkyl halides is 2. The molecule has 1 fully saturated rings. The lowest BCUT2D eigenvalue weighted by Crippen LogP contribution is -2.50. The van der Waals surface area contributed by atoms with E-state index >= 15 is 0 Å². The van der Waals surface area contributed by atoms with Crippen molar-refractivity contribution in [1.29, 1.82) is 0 Å². The molecule has 1 aromatic carbocycles. The Bertz CT molecular complexity index is 876. The largest absolute Gasteiger partial charge is 0.493 e. The number of rotatable bonds is 7. The van der Waals surface area contributed by atoms with Crippen molar-refractivity contribution in [3.05, 3.63) is 42.2 Å². The lowest BCUT2D eigenvalue weighted by Gasteiger charge is -2.34. The first kappa shape index (κ1) is 21.2. The molecule has 1 aliphatic heterocycles. The van der Waals surface area contributed by atoms with Crippen molar-refractivity contribution < 1.29 is 32.6 Å². The molecule has 0 aliphatic carbocycles. The van der Waals surface area contributed by atoms with Crippen molar-refractivity contribution >= 4 is 17.8 Å². The molecule has 0 unspecified atom stereocenters. The average molecular weight is 422 g/mol. The standard InChI is InChI=1S/C19H20F2N4O5/c1-28-15-11-13(3-4-14(15)30-18(20)21)17(27)29-12-16(26)24-7-9-25(10-8-24)19-22-5-2-6-23-19/h2-6,11,18H,7-10,12H2,1H3. The summed E-state index contributed by atoms with van der Waals surface area (Å²) < 4.78 is 39.1. The second-order valence-corrected chi connectivity index (χ2v) is 6.24. The van der Waals surface area contributed by atoms with Crippen LogP contribution in [0.2, 0.25) is 0 Å². The third-order valence-electron chi connectivity index (χ3n) is 4.41. The molecule has 0 atom stereocenters. The number of benzene rings is 1. The predicted molar refractivity (Wildman–Crippen MR) is 101 cm³/mol. The van der Waals surface area contributed by atoms with Crippen LogP contribution in [-0.4, -0.2) is 73.3 Å². The Morgan fingerprint density at radius 1 is 1.10 bits per heavy atom. The maximum atomic E-state index is 12.4. The zero-order valence-electron chi connectivity index (χ0n) is 16.2. The van der Waals surface area contributed by atoms with Crippen LogP contribution in [0.3, 0.4) is 0 Å². The molecule has 0 spiro atoms. The maximum absolute atomic E-state index is 12.4. The first-order valence-corrected chi connectivity index (χ1v) is 9.07. The van der Waals surface area contributed by atoms with Crippen molar-refractivity contribution in [2.45, 2.75) is 6.61 Å². The zero-order valence-corrected chi connectivity index (χ0v) is 16.2. The van der Waals surface area contributed by atoms with E-state index in [0.717, 1.165) is 0 Å². The number of carbonyl (C=O) groups excluding carboxylic acids is 2. The number of carbonyl (C=O) groups is 2. The van der Waals surface area contributed by atoms with Gasteiger partial charge < -0.3 is 24.0 Å². The van der Waals surface area contributed by atoms with Gasteiger partial charge in [-0.25, -0.2) is 14.8 Å².